The van der Waals surface area contributed by atoms with Gasteiger partial charge in [-0.15, -0.1) is 0 Å². The van der Waals surface area contributed by atoms with E-state index in [0.29, 0.717) is 18.1 Å². The Bertz CT molecular complexity index is 1020. The molecule has 2 heterocycles. The van der Waals surface area contributed by atoms with Crippen molar-refractivity contribution in [3.63, 3.8) is 0 Å². The van der Waals surface area contributed by atoms with Crippen LogP contribution in [0.3, 0.4) is 0 Å². The van der Waals surface area contributed by atoms with E-state index >= 15 is 0 Å². The second kappa shape index (κ2) is 6.34. The monoisotopic (exact) mass is 396 g/mol. The van der Waals surface area contributed by atoms with Crippen LogP contribution in [-0.4, -0.2) is 38.7 Å². The number of cyclic esters (lactones) is 1. The number of carbonyl (C=O) groups excluding carboxylic acids is 1. The van der Waals surface area contributed by atoms with Crippen molar-refractivity contribution in [3.05, 3.63) is 47.5 Å². The number of benzene rings is 2. The lowest BCUT2D eigenvalue weighted by Gasteiger charge is -2.35. The minimum absolute atomic E-state index is 0.0876. The van der Waals surface area contributed by atoms with Gasteiger partial charge in [0, 0.05) is 11.8 Å². The Morgan fingerprint density at radius 3 is 2.34 bits per heavy atom. The number of esters is 1. The average Bonchev–Trinajstić information content (AvgIpc) is 3.34. The summed E-state index contributed by atoms with van der Waals surface area (Å²) in [7, 11) is 2.94. The largest absolute Gasteiger partial charge is 0.502 e. The number of ether oxygens (including phenoxy) is 5. The van der Waals surface area contributed by atoms with Gasteiger partial charge in [-0.3, -0.25) is 4.79 Å². The smallest absolute Gasteiger partial charge is 0.310 e. The molecule has 2 aromatic rings. The van der Waals surface area contributed by atoms with E-state index < -0.39 is 5.92 Å². The first-order valence-corrected chi connectivity index (χ1v) is 9.27. The average molecular weight is 396 g/mol. The lowest BCUT2D eigenvalue weighted by molar-refractivity contribution is -0.141. The van der Waals surface area contributed by atoms with Crippen molar-refractivity contribution in [1.82, 2.24) is 0 Å². The number of phenolic OH excluding ortho intramolecular Hbond substituents is 1. The quantitative estimate of drug-likeness (QED) is 0.798. The molecule has 5 rings (SSSR count). The summed E-state index contributed by atoms with van der Waals surface area (Å²) >= 11 is 0. The van der Waals surface area contributed by atoms with E-state index in [1.165, 1.54) is 14.2 Å². The van der Waals surface area contributed by atoms with Gasteiger partial charge < -0.3 is 28.8 Å². The molecule has 2 aromatic carbocycles. The van der Waals surface area contributed by atoms with Gasteiger partial charge in [-0.1, -0.05) is 6.58 Å². The number of fused-ring (bicyclic) bond motifs is 3. The van der Waals surface area contributed by atoms with Crippen molar-refractivity contribution in [3.8, 4) is 28.7 Å². The molecule has 0 amide bonds. The van der Waals surface area contributed by atoms with Gasteiger partial charge in [0.15, 0.2) is 23.0 Å². The van der Waals surface area contributed by atoms with Gasteiger partial charge in [0.05, 0.1) is 26.7 Å². The Morgan fingerprint density at radius 1 is 1.03 bits per heavy atom. The van der Waals surface area contributed by atoms with Crippen molar-refractivity contribution in [1.29, 1.82) is 0 Å². The lowest BCUT2D eigenvalue weighted by Crippen LogP contribution is -2.30. The van der Waals surface area contributed by atoms with Crippen LogP contribution in [0.1, 0.15) is 22.6 Å². The Kier molecular flexibility index (Phi) is 3.87. The summed E-state index contributed by atoms with van der Waals surface area (Å²) in [4.78, 5) is 12.7. The summed E-state index contributed by atoms with van der Waals surface area (Å²) in [6.45, 7) is 4.70. The second-order valence-corrected chi connectivity index (χ2v) is 7.33. The molecule has 0 spiro atoms. The third kappa shape index (κ3) is 2.46. The van der Waals surface area contributed by atoms with Crippen molar-refractivity contribution in [2.24, 2.45) is 11.8 Å². The Balaban J connectivity index is 1.76. The van der Waals surface area contributed by atoms with Crippen LogP contribution < -0.4 is 18.9 Å². The first-order valence-electron chi connectivity index (χ1n) is 9.27. The van der Waals surface area contributed by atoms with Crippen molar-refractivity contribution in [2.75, 3.05) is 27.6 Å². The van der Waals surface area contributed by atoms with Crippen LogP contribution in [0.15, 0.2) is 30.8 Å². The molecule has 0 unspecified atom stereocenters. The fourth-order valence-electron chi connectivity index (χ4n) is 4.59. The van der Waals surface area contributed by atoms with Gasteiger partial charge >= 0.3 is 5.97 Å². The minimum Gasteiger partial charge on any atom is -0.502 e. The fraction of sp³-hybridized carbons (Fsp3) is 0.318. The summed E-state index contributed by atoms with van der Waals surface area (Å²) in [5.41, 5.74) is 3.44. The zero-order valence-corrected chi connectivity index (χ0v) is 16.1. The fourth-order valence-corrected chi connectivity index (χ4v) is 4.59. The number of hydrogen-bond acceptors (Lipinski definition) is 7. The van der Waals surface area contributed by atoms with Crippen LogP contribution in [0, 0.1) is 11.8 Å². The topological polar surface area (TPSA) is 83.5 Å². The van der Waals surface area contributed by atoms with Crippen LogP contribution in [0.4, 0.5) is 0 Å². The molecule has 29 heavy (non-hydrogen) atoms. The second-order valence-electron chi connectivity index (χ2n) is 7.33. The van der Waals surface area contributed by atoms with Crippen LogP contribution in [0.25, 0.3) is 5.57 Å². The summed E-state index contributed by atoms with van der Waals surface area (Å²) in [5.74, 6) is 0.556. The van der Waals surface area contributed by atoms with Gasteiger partial charge in [-0.2, -0.15) is 0 Å². The molecule has 0 radical (unpaired) electrons. The maximum Gasteiger partial charge on any atom is 0.310 e. The van der Waals surface area contributed by atoms with E-state index in [-0.39, 0.29) is 41.8 Å². The van der Waals surface area contributed by atoms with Gasteiger partial charge in [-0.25, -0.2) is 0 Å². The zero-order valence-electron chi connectivity index (χ0n) is 16.1. The SMILES string of the molecule is C=C1c2cc3c(cc2[C@@H](c2cc(OC)c(O)c(OC)c2)[C@H]2C(=O)OC[C@H]12)OCO3. The van der Waals surface area contributed by atoms with Gasteiger partial charge in [0.25, 0.3) is 0 Å². The number of phenols is 1. The Labute approximate surface area is 167 Å². The van der Waals surface area contributed by atoms with Crippen LogP contribution in [0.2, 0.25) is 0 Å². The highest BCUT2D eigenvalue weighted by atomic mass is 16.7. The number of rotatable bonds is 3. The standard InChI is InChI=1S/C22H20O7/c1-10-12-6-15-16(29-9-28-15)7-13(12)19(20-14(10)8-27-22(20)24)11-4-17(25-2)21(23)18(5-11)26-3/h4-7,14,19-20,23H,1,8-9H2,2-3H3/t14-,19-,20+/m1/s1. The van der Waals surface area contributed by atoms with Crippen LogP contribution >= 0.6 is 0 Å². The highest BCUT2D eigenvalue weighted by Gasteiger charge is 2.50. The lowest BCUT2D eigenvalue weighted by atomic mass is 9.65. The van der Waals surface area contributed by atoms with Gasteiger partial charge in [0.1, 0.15) is 0 Å². The van der Waals surface area contributed by atoms with Crippen LogP contribution in [-0.2, 0) is 9.53 Å². The highest BCUT2D eigenvalue weighted by Crippen LogP contribution is 2.55. The Morgan fingerprint density at radius 2 is 1.69 bits per heavy atom. The molecule has 7 nitrogen and oxygen atoms in total. The molecule has 0 bridgehead atoms. The van der Waals surface area contributed by atoms with Gasteiger partial charge in [0.2, 0.25) is 12.5 Å². The van der Waals surface area contributed by atoms with Crippen molar-refractivity contribution >= 4 is 11.5 Å². The molecule has 1 fully saturated rings. The molecule has 150 valence electrons. The third-order valence-corrected chi connectivity index (χ3v) is 6.00. The Hall–Kier alpha value is -3.35. The van der Waals surface area contributed by atoms with Crippen molar-refractivity contribution < 1.29 is 33.6 Å². The molecule has 1 aliphatic carbocycles. The maximum absolute atomic E-state index is 12.7. The third-order valence-electron chi connectivity index (χ3n) is 6.00. The van der Waals surface area contributed by atoms with E-state index in [4.69, 9.17) is 23.7 Å². The van der Waals surface area contributed by atoms with Gasteiger partial charge in [-0.05, 0) is 46.5 Å². The summed E-state index contributed by atoms with van der Waals surface area (Å²) in [6, 6.07) is 7.28. The molecule has 3 aliphatic rings. The molecule has 1 saturated heterocycles. The van der Waals surface area contributed by atoms with E-state index in [1.807, 2.05) is 12.1 Å². The number of methoxy groups -OCH3 is 2. The molecule has 1 N–H and O–H groups in total. The van der Waals surface area contributed by atoms with E-state index in [9.17, 15) is 9.90 Å². The molecule has 0 aromatic heterocycles. The summed E-state index contributed by atoms with van der Waals surface area (Å²) in [5, 5.41) is 10.3. The van der Waals surface area contributed by atoms with E-state index in [1.54, 1.807) is 12.1 Å². The zero-order chi connectivity index (χ0) is 20.3. The molecule has 3 atom stereocenters. The predicted molar refractivity (Wildman–Crippen MR) is 103 cm³/mol. The maximum atomic E-state index is 12.7. The highest BCUT2D eigenvalue weighted by molar-refractivity contribution is 5.87. The summed E-state index contributed by atoms with van der Waals surface area (Å²) < 4.78 is 27.2. The normalized spacial score (nSPS) is 24.0. The number of carbonyl (C=O) groups is 1. The molecule has 7 heteroatoms. The van der Waals surface area contributed by atoms with Crippen LogP contribution in [0.5, 0.6) is 28.7 Å². The van der Waals surface area contributed by atoms with E-state index in [0.717, 1.165) is 22.3 Å². The van der Waals surface area contributed by atoms with E-state index in [2.05, 4.69) is 6.58 Å². The molecule has 2 aliphatic heterocycles. The first-order chi connectivity index (χ1) is 14.0. The predicted octanol–water partition coefficient (Wildman–Crippen LogP) is 3.09. The number of hydrogen-bond donors (Lipinski definition) is 1. The van der Waals surface area contributed by atoms with Crippen molar-refractivity contribution in [2.45, 2.75) is 5.92 Å². The minimum atomic E-state index is -0.436. The summed E-state index contributed by atoms with van der Waals surface area (Å²) in [6.07, 6.45) is 0. The molecule has 0 saturated carbocycles. The number of aromatic hydroxyl groups is 1. The molecular weight excluding hydrogens is 376 g/mol. The first kappa shape index (κ1) is 17.7. The molecular formula is C22H20O7.